The largest absolute Gasteiger partial charge is 0.480 e. The first-order valence-electron chi connectivity index (χ1n) is 7.41. The highest BCUT2D eigenvalue weighted by Crippen LogP contribution is 2.31. The highest BCUT2D eigenvalue weighted by molar-refractivity contribution is 5.82. The molecule has 0 spiro atoms. The molecule has 0 aliphatic carbocycles. The number of aromatic nitrogens is 2. The Morgan fingerprint density at radius 2 is 2.14 bits per heavy atom. The standard InChI is InChI=1S/C16H21N3O2/c1-16(15(20)21)9-5-6-10-19(16)11-13-12-7-3-4-8-14(12)18(2)17-13/h3-4,7-8H,5-6,9-11H2,1-2H3,(H,20,21). The molecule has 5 heteroatoms. The third-order valence-corrected chi connectivity index (χ3v) is 4.68. The van der Waals surface area contributed by atoms with Crippen LogP contribution in [0.15, 0.2) is 24.3 Å². The van der Waals surface area contributed by atoms with Crippen LogP contribution in [0.3, 0.4) is 0 Å². The van der Waals surface area contributed by atoms with Gasteiger partial charge in [0.15, 0.2) is 0 Å². The summed E-state index contributed by atoms with van der Waals surface area (Å²) in [5.74, 6) is -0.734. The van der Waals surface area contributed by atoms with Gasteiger partial charge in [0.2, 0.25) is 0 Å². The monoisotopic (exact) mass is 287 g/mol. The number of nitrogens with zero attached hydrogens (tertiary/aromatic N) is 3. The fourth-order valence-corrected chi connectivity index (χ4v) is 3.26. The summed E-state index contributed by atoms with van der Waals surface area (Å²) in [6.45, 7) is 3.23. The molecule has 0 radical (unpaired) electrons. The number of carboxylic acids is 1. The van der Waals surface area contributed by atoms with Crippen molar-refractivity contribution in [2.45, 2.75) is 38.3 Å². The van der Waals surface area contributed by atoms with Crippen LogP contribution in [-0.2, 0) is 18.4 Å². The van der Waals surface area contributed by atoms with Crippen molar-refractivity contribution in [3.63, 3.8) is 0 Å². The number of benzene rings is 1. The van der Waals surface area contributed by atoms with E-state index in [0.29, 0.717) is 13.0 Å². The zero-order valence-electron chi connectivity index (χ0n) is 12.5. The van der Waals surface area contributed by atoms with Crippen LogP contribution in [0, 0.1) is 0 Å². The summed E-state index contributed by atoms with van der Waals surface area (Å²) >= 11 is 0. The molecular formula is C16H21N3O2. The zero-order chi connectivity index (χ0) is 15.0. The van der Waals surface area contributed by atoms with Crippen LogP contribution in [-0.4, -0.2) is 37.8 Å². The zero-order valence-corrected chi connectivity index (χ0v) is 12.5. The first kappa shape index (κ1) is 14.1. The lowest BCUT2D eigenvalue weighted by Crippen LogP contribution is -2.54. The van der Waals surface area contributed by atoms with Crippen molar-refractivity contribution in [3.05, 3.63) is 30.0 Å². The third kappa shape index (κ3) is 2.31. The van der Waals surface area contributed by atoms with Gasteiger partial charge in [-0.3, -0.25) is 14.4 Å². The number of aliphatic carboxylic acids is 1. The van der Waals surface area contributed by atoms with Gasteiger partial charge in [-0.25, -0.2) is 0 Å². The second-order valence-electron chi connectivity index (χ2n) is 6.05. The van der Waals surface area contributed by atoms with Crippen LogP contribution in [0.2, 0.25) is 0 Å². The van der Waals surface area contributed by atoms with Crippen LogP contribution in [0.5, 0.6) is 0 Å². The maximum Gasteiger partial charge on any atom is 0.323 e. The fraction of sp³-hybridized carbons (Fsp3) is 0.500. The first-order chi connectivity index (χ1) is 10.0. The first-order valence-corrected chi connectivity index (χ1v) is 7.41. The molecule has 1 aromatic carbocycles. The Bertz CT molecular complexity index is 679. The molecule has 1 atom stereocenters. The van der Waals surface area contributed by atoms with Crippen molar-refractivity contribution >= 4 is 16.9 Å². The predicted octanol–water partition coefficient (Wildman–Crippen LogP) is 2.40. The molecule has 1 N–H and O–H groups in total. The van der Waals surface area contributed by atoms with Crippen molar-refractivity contribution in [2.24, 2.45) is 7.05 Å². The smallest absolute Gasteiger partial charge is 0.323 e. The van der Waals surface area contributed by atoms with E-state index in [1.807, 2.05) is 36.9 Å². The molecule has 5 nitrogen and oxygen atoms in total. The summed E-state index contributed by atoms with van der Waals surface area (Å²) in [6, 6.07) is 8.09. The average Bonchev–Trinajstić information content (AvgIpc) is 2.79. The molecule has 2 heterocycles. The van der Waals surface area contributed by atoms with Gasteiger partial charge in [0, 0.05) is 19.0 Å². The van der Waals surface area contributed by atoms with Gasteiger partial charge >= 0.3 is 5.97 Å². The molecule has 0 amide bonds. The number of carbonyl (C=O) groups is 1. The second kappa shape index (κ2) is 5.15. The van der Waals surface area contributed by atoms with Crippen molar-refractivity contribution in [3.8, 4) is 0 Å². The molecule has 0 saturated carbocycles. The molecular weight excluding hydrogens is 266 g/mol. The van der Waals surface area contributed by atoms with E-state index in [4.69, 9.17) is 0 Å². The van der Waals surface area contributed by atoms with Crippen LogP contribution in [0.25, 0.3) is 10.9 Å². The number of piperidine rings is 1. The van der Waals surface area contributed by atoms with E-state index in [1.165, 1.54) is 0 Å². The molecule has 2 aromatic rings. The number of hydrogen-bond donors (Lipinski definition) is 1. The molecule has 1 aliphatic rings. The van der Waals surface area contributed by atoms with E-state index in [-0.39, 0.29) is 0 Å². The Kier molecular flexibility index (Phi) is 3.45. The van der Waals surface area contributed by atoms with Crippen molar-refractivity contribution < 1.29 is 9.90 Å². The lowest BCUT2D eigenvalue weighted by molar-refractivity contribution is -0.153. The summed E-state index contributed by atoms with van der Waals surface area (Å²) in [5, 5.41) is 15.3. The van der Waals surface area contributed by atoms with Crippen molar-refractivity contribution in [2.75, 3.05) is 6.54 Å². The summed E-state index contributed by atoms with van der Waals surface area (Å²) in [4.78, 5) is 13.7. The molecule has 1 saturated heterocycles. The van der Waals surface area contributed by atoms with Gasteiger partial charge in [0.05, 0.1) is 11.2 Å². The highest BCUT2D eigenvalue weighted by Gasteiger charge is 2.41. The molecule has 21 heavy (non-hydrogen) atoms. The highest BCUT2D eigenvalue weighted by atomic mass is 16.4. The van der Waals surface area contributed by atoms with E-state index >= 15 is 0 Å². The molecule has 0 bridgehead atoms. The fourth-order valence-electron chi connectivity index (χ4n) is 3.26. The van der Waals surface area contributed by atoms with Crippen LogP contribution >= 0.6 is 0 Å². The normalized spacial score (nSPS) is 23.5. The van der Waals surface area contributed by atoms with Gasteiger partial charge in [0.1, 0.15) is 5.54 Å². The second-order valence-corrected chi connectivity index (χ2v) is 6.05. The SMILES string of the molecule is Cn1nc(CN2CCCCC2(C)C(=O)O)c2ccccc21. The van der Waals surface area contributed by atoms with Gasteiger partial charge in [-0.15, -0.1) is 0 Å². The lowest BCUT2D eigenvalue weighted by Gasteiger charge is -2.41. The number of carboxylic acid groups (broad SMARTS) is 1. The van der Waals surface area contributed by atoms with Crippen molar-refractivity contribution in [1.29, 1.82) is 0 Å². The summed E-state index contributed by atoms with van der Waals surface area (Å²) < 4.78 is 1.87. The number of fused-ring (bicyclic) bond motifs is 1. The van der Waals surface area contributed by atoms with Crippen LogP contribution in [0.1, 0.15) is 31.9 Å². The topological polar surface area (TPSA) is 58.4 Å². The molecule has 3 rings (SSSR count). The van der Waals surface area contributed by atoms with E-state index in [9.17, 15) is 9.90 Å². The maximum absolute atomic E-state index is 11.7. The van der Waals surface area contributed by atoms with Gasteiger partial charge in [0.25, 0.3) is 0 Å². The molecule has 1 unspecified atom stereocenters. The van der Waals surface area contributed by atoms with E-state index in [2.05, 4.69) is 16.1 Å². The Morgan fingerprint density at radius 1 is 1.38 bits per heavy atom. The summed E-state index contributed by atoms with van der Waals surface area (Å²) in [7, 11) is 1.93. The van der Waals surface area contributed by atoms with Gasteiger partial charge < -0.3 is 5.11 Å². The molecule has 1 aliphatic heterocycles. The number of aryl methyl sites for hydroxylation is 1. The number of para-hydroxylation sites is 1. The van der Waals surface area contributed by atoms with Crippen molar-refractivity contribution in [1.82, 2.24) is 14.7 Å². The number of hydrogen-bond acceptors (Lipinski definition) is 3. The Balaban J connectivity index is 1.95. The van der Waals surface area contributed by atoms with Crippen LogP contribution < -0.4 is 0 Å². The molecule has 1 aromatic heterocycles. The minimum absolute atomic E-state index is 0.587. The summed E-state index contributed by atoms with van der Waals surface area (Å²) in [5.41, 5.74) is 1.26. The van der Waals surface area contributed by atoms with E-state index < -0.39 is 11.5 Å². The minimum atomic E-state index is -0.781. The number of rotatable bonds is 3. The maximum atomic E-state index is 11.7. The predicted molar refractivity (Wildman–Crippen MR) is 81.0 cm³/mol. The minimum Gasteiger partial charge on any atom is -0.480 e. The number of likely N-dealkylation sites (tertiary alicyclic amines) is 1. The Hall–Kier alpha value is -1.88. The quantitative estimate of drug-likeness (QED) is 0.941. The lowest BCUT2D eigenvalue weighted by atomic mass is 9.88. The summed E-state index contributed by atoms with van der Waals surface area (Å²) in [6.07, 6.45) is 2.73. The molecule has 1 fully saturated rings. The van der Waals surface area contributed by atoms with Gasteiger partial charge in [-0.1, -0.05) is 18.2 Å². The van der Waals surface area contributed by atoms with Gasteiger partial charge in [-0.05, 0) is 38.8 Å². The molecule has 112 valence electrons. The van der Waals surface area contributed by atoms with E-state index in [0.717, 1.165) is 36.0 Å². The van der Waals surface area contributed by atoms with E-state index in [1.54, 1.807) is 0 Å². The average molecular weight is 287 g/mol. The Morgan fingerprint density at radius 3 is 2.90 bits per heavy atom. The van der Waals surface area contributed by atoms with Gasteiger partial charge in [-0.2, -0.15) is 5.10 Å². The Labute approximate surface area is 124 Å². The third-order valence-electron chi connectivity index (χ3n) is 4.68. The van der Waals surface area contributed by atoms with Crippen LogP contribution in [0.4, 0.5) is 0 Å².